The highest BCUT2D eigenvalue weighted by Crippen LogP contribution is 2.25. The van der Waals surface area contributed by atoms with E-state index in [0.29, 0.717) is 0 Å². The monoisotopic (exact) mass is 342 g/mol. The van der Waals surface area contributed by atoms with Gasteiger partial charge in [0.2, 0.25) is 0 Å². The molecule has 0 spiro atoms. The third kappa shape index (κ3) is 2.97. The molecule has 106 valence electrons. The Morgan fingerprint density at radius 1 is 1.14 bits per heavy atom. The molecule has 0 amide bonds. The third-order valence-corrected chi connectivity index (χ3v) is 3.80. The summed E-state index contributed by atoms with van der Waals surface area (Å²) in [5.41, 5.74) is 8.71. The quantitative estimate of drug-likeness (QED) is 0.738. The lowest BCUT2D eigenvalue weighted by molar-refractivity contribution is 0.899. The molecule has 0 bridgehead atoms. The fourth-order valence-electron chi connectivity index (χ4n) is 2.35. The topological polar surface area (TPSA) is 55.0 Å². The van der Waals surface area contributed by atoms with Gasteiger partial charge in [0.25, 0.3) is 0 Å². The van der Waals surface area contributed by atoms with Gasteiger partial charge >= 0.3 is 0 Å². The normalized spacial score (nSPS) is 10.8. The number of rotatable bonds is 3. The Morgan fingerprint density at radius 2 is 2.00 bits per heavy atom. The van der Waals surface area contributed by atoms with Gasteiger partial charge in [-0.15, -0.1) is 0 Å². The average molecular weight is 343 g/mol. The van der Waals surface area contributed by atoms with Crippen LogP contribution < -0.4 is 10.6 Å². The lowest BCUT2D eigenvalue weighted by Gasteiger charge is -2.20. The van der Waals surface area contributed by atoms with Crippen LogP contribution in [0, 0.1) is 0 Å². The van der Waals surface area contributed by atoms with Crippen LogP contribution in [0.2, 0.25) is 0 Å². The van der Waals surface area contributed by atoms with Gasteiger partial charge < -0.3 is 10.6 Å². The van der Waals surface area contributed by atoms with E-state index in [0.717, 1.165) is 33.4 Å². The molecule has 0 aliphatic heterocycles. The molecule has 3 aromatic rings. The first-order chi connectivity index (χ1) is 10.1. The highest BCUT2D eigenvalue weighted by atomic mass is 79.9. The van der Waals surface area contributed by atoms with Crippen LogP contribution in [0.25, 0.3) is 10.9 Å². The van der Waals surface area contributed by atoms with Crippen LogP contribution in [-0.2, 0) is 6.54 Å². The summed E-state index contributed by atoms with van der Waals surface area (Å²) in [4.78, 5) is 10.8. The Bertz CT molecular complexity index is 788. The molecule has 5 heteroatoms. The maximum atomic E-state index is 5.89. The molecule has 2 N–H and O–H groups in total. The third-order valence-electron chi connectivity index (χ3n) is 3.31. The second-order valence-electron chi connectivity index (χ2n) is 4.96. The van der Waals surface area contributed by atoms with Crippen molar-refractivity contribution < 1.29 is 0 Å². The Hall–Kier alpha value is -2.14. The van der Waals surface area contributed by atoms with E-state index in [2.05, 4.69) is 42.9 Å². The summed E-state index contributed by atoms with van der Waals surface area (Å²) in [6.45, 7) is 0.764. The minimum Gasteiger partial charge on any atom is -0.399 e. The molecule has 0 saturated carbocycles. The Kier molecular flexibility index (Phi) is 3.75. The van der Waals surface area contributed by atoms with Crippen molar-refractivity contribution in [1.29, 1.82) is 0 Å². The zero-order chi connectivity index (χ0) is 14.8. The van der Waals surface area contributed by atoms with Gasteiger partial charge in [-0.1, -0.05) is 28.1 Å². The minimum atomic E-state index is 0.717. The van der Waals surface area contributed by atoms with E-state index in [1.807, 2.05) is 37.4 Å². The first kappa shape index (κ1) is 13.8. The number of hydrogen-bond donors (Lipinski definition) is 1. The zero-order valence-electron chi connectivity index (χ0n) is 11.6. The summed E-state index contributed by atoms with van der Waals surface area (Å²) in [6.07, 6.45) is 1.59. The van der Waals surface area contributed by atoms with Crippen LogP contribution in [-0.4, -0.2) is 17.0 Å². The number of nitrogens with zero attached hydrogens (tertiary/aromatic N) is 3. The molecule has 3 rings (SSSR count). The van der Waals surface area contributed by atoms with Gasteiger partial charge in [-0.05, 0) is 35.9 Å². The van der Waals surface area contributed by atoms with E-state index in [1.54, 1.807) is 6.33 Å². The summed E-state index contributed by atoms with van der Waals surface area (Å²) in [7, 11) is 2.02. The Balaban J connectivity index is 1.98. The lowest BCUT2D eigenvalue weighted by Crippen LogP contribution is -2.18. The standard InChI is InChI=1S/C16H15BrN4/c1-21(9-11-3-2-4-12(17)7-11)16-14-8-13(18)5-6-15(14)19-10-20-16/h2-8,10H,9,18H2,1H3. The number of fused-ring (bicyclic) bond motifs is 1. The first-order valence-corrected chi connectivity index (χ1v) is 7.38. The van der Waals surface area contributed by atoms with E-state index in [4.69, 9.17) is 5.73 Å². The molecule has 4 nitrogen and oxygen atoms in total. The fraction of sp³-hybridized carbons (Fsp3) is 0.125. The second-order valence-corrected chi connectivity index (χ2v) is 5.88. The largest absolute Gasteiger partial charge is 0.399 e. The summed E-state index contributed by atoms with van der Waals surface area (Å²) < 4.78 is 1.07. The van der Waals surface area contributed by atoms with Gasteiger partial charge in [-0.2, -0.15) is 0 Å². The van der Waals surface area contributed by atoms with Gasteiger partial charge in [0.15, 0.2) is 0 Å². The van der Waals surface area contributed by atoms with Gasteiger partial charge in [-0.3, -0.25) is 0 Å². The molecule has 0 radical (unpaired) electrons. The molecule has 0 atom stereocenters. The summed E-state index contributed by atoms with van der Waals surface area (Å²) in [5, 5.41) is 0.968. The Morgan fingerprint density at radius 3 is 2.81 bits per heavy atom. The van der Waals surface area contributed by atoms with Crippen LogP contribution in [0.4, 0.5) is 11.5 Å². The van der Waals surface area contributed by atoms with Crippen molar-refractivity contribution in [2.45, 2.75) is 6.54 Å². The lowest BCUT2D eigenvalue weighted by atomic mass is 10.2. The molecular formula is C16H15BrN4. The number of hydrogen-bond acceptors (Lipinski definition) is 4. The predicted molar refractivity (Wildman–Crippen MR) is 90.2 cm³/mol. The number of benzene rings is 2. The molecule has 0 aliphatic rings. The van der Waals surface area contributed by atoms with Gasteiger partial charge in [0.1, 0.15) is 12.1 Å². The zero-order valence-corrected chi connectivity index (χ0v) is 13.2. The number of aromatic nitrogens is 2. The number of nitrogens with two attached hydrogens (primary N) is 1. The minimum absolute atomic E-state index is 0.717. The maximum absolute atomic E-state index is 5.89. The van der Waals surface area contributed by atoms with E-state index < -0.39 is 0 Å². The SMILES string of the molecule is CN(Cc1cccc(Br)c1)c1ncnc2ccc(N)cc12. The fourth-order valence-corrected chi connectivity index (χ4v) is 2.80. The summed E-state index contributed by atoms with van der Waals surface area (Å²) in [6, 6.07) is 13.9. The first-order valence-electron chi connectivity index (χ1n) is 6.59. The van der Waals surface area contributed by atoms with Crippen molar-refractivity contribution in [3.05, 3.63) is 58.8 Å². The Labute approximate surface area is 131 Å². The second kappa shape index (κ2) is 5.69. The molecule has 0 unspecified atom stereocenters. The van der Waals surface area contributed by atoms with Crippen LogP contribution in [0.15, 0.2) is 53.3 Å². The molecule has 1 aromatic heterocycles. The number of anilines is 2. The van der Waals surface area contributed by atoms with E-state index in [9.17, 15) is 0 Å². The average Bonchev–Trinajstić information content (AvgIpc) is 2.46. The van der Waals surface area contributed by atoms with Crippen molar-refractivity contribution in [1.82, 2.24) is 9.97 Å². The molecular weight excluding hydrogens is 328 g/mol. The van der Waals surface area contributed by atoms with Crippen molar-refractivity contribution in [2.24, 2.45) is 0 Å². The van der Waals surface area contributed by atoms with Crippen molar-refractivity contribution >= 4 is 38.3 Å². The summed E-state index contributed by atoms with van der Waals surface area (Å²) >= 11 is 3.50. The smallest absolute Gasteiger partial charge is 0.139 e. The maximum Gasteiger partial charge on any atom is 0.139 e. The molecule has 0 aliphatic carbocycles. The van der Waals surface area contributed by atoms with Gasteiger partial charge in [-0.25, -0.2) is 9.97 Å². The highest BCUT2D eigenvalue weighted by molar-refractivity contribution is 9.10. The molecule has 21 heavy (non-hydrogen) atoms. The van der Waals surface area contributed by atoms with Crippen LogP contribution in [0.3, 0.4) is 0 Å². The molecule has 0 saturated heterocycles. The van der Waals surface area contributed by atoms with Gasteiger partial charge in [0, 0.05) is 29.1 Å². The van der Waals surface area contributed by atoms with Gasteiger partial charge in [0.05, 0.1) is 5.52 Å². The summed E-state index contributed by atoms with van der Waals surface area (Å²) in [5.74, 6) is 0.882. The molecule has 0 fully saturated rings. The molecule has 2 aromatic carbocycles. The van der Waals surface area contributed by atoms with E-state index in [1.165, 1.54) is 5.56 Å². The van der Waals surface area contributed by atoms with Crippen molar-refractivity contribution in [2.75, 3.05) is 17.7 Å². The molecule has 1 heterocycles. The van der Waals surface area contributed by atoms with E-state index >= 15 is 0 Å². The van der Waals surface area contributed by atoms with Crippen molar-refractivity contribution in [3.63, 3.8) is 0 Å². The van der Waals surface area contributed by atoms with Crippen LogP contribution in [0.5, 0.6) is 0 Å². The van der Waals surface area contributed by atoms with Crippen LogP contribution >= 0.6 is 15.9 Å². The van der Waals surface area contributed by atoms with Crippen molar-refractivity contribution in [3.8, 4) is 0 Å². The number of halogens is 1. The van der Waals surface area contributed by atoms with Crippen LogP contribution in [0.1, 0.15) is 5.56 Å². The van der Waals surface area contributed by atoms with E-state index in [-0.39, 0.29) is 0 Å². The highest BCUT2D eigenvalue weighted by Gasteiger charge is 2.09. The number of nitrogen functional groups attached to an aromatic ring is 1. The predicted octanol–water partition coefficient (Wildman–Crippen LogP) is 3.61.